The first-order valence-electron chi connectivity index (χ1n) is 10.7. The number of carbonyl (C=O) groups is 1. The van der Waals surface area contributed by atoms with Crippen LogP contribution in [0.1, 0.15) is 37.3 Å². The van der Waals surface area contributed by atoms with Crippen LogP contribution in [-0.4, -0.2) is 46.1 Å². The summed E-state index contributed by atoms with van der Waals surface area (Å²) in [6.45, 7) is 4.89. The summed E-state index contributed by atoms with van der Waals surface area (Å²) >= 11 is 0. The van der Waals surface area contributed by atoms with Gasteiger partial charge in [-0.25, -0.2) is 0 Å². The second-order valence-electron chi connectivity index (χ2n) is 8.78. The Kier molecular flexibility index (Phi) is 4.51. The predicted molar refractivity (Wildman–Crippen MR) is 108 cm³/mol. The number of rotatable bonds is 3. The van der Waals surface area contributed by atoms with Gasteiger partial charge in [0.1, 0.15) is 0 Å². The van der Waals surface area contributed by atoms with Crippen LogP contribution < -0.4 is 0 Å². The number of piperidine rings is 1. The van der Waals surface area contributed by atoms with E-state index in [9.17, 15) is 4.79 Å². The number of carbonyl (C=O) groups excluding carboxylic acids is 1. The topological polar surface area (TPSA) is 56.6 Å². The first-order chi connectivity index (χ1) is 14.1. The van der Waals surface area contributed by atoms with Crippen molar-refractivity contribution in [1.29, 1.82) is 0 Å². The van der Waals surface area contributed by atoms with E-state index in [0.717, 1.165) is 36.9 Å². The summed E-state index contributed by atoms with van der Waals surface area (Å²) < 4.78 is 14.0. The number of amides is 1. The predicted octanol–water partition coefficient (Wildman–Crippen LogP) is 2.88. The second-order valence-corrected chi connectivity index (χ2v) is 8.78. The minimum absolute atomic E-state index is 0.170. The van der Waals surface area contributed by atoms with Gasteiger partial charge in [-0.05, 0) is 24.3 Å². The van der Waals surface area contributed by atoms with Crippen LogP contribution in [0.4, 0.5) is 0 Å². The molecule has 0 bridgehead atoms. The van der Waals surface area contributed by atoms with E-state index in [1.807, 2.05) is 42.5 Å². The van der Waals surface area contributed by atoms with E-state index in [0.29, 0.717) is 19.8 Å². The molecule has 1 saturated carbocycles. The lowest BCUT2D eigenvalue weighted by Crippen LogP contribution is -2.64. The zero-order valence-corrected chi connectivity index (χ0v) is 17.2. The number of fused-ring (bicyclic) bond motifs is 1. The molecule has 1 aliphatic carbocycles. The summed E-state index contributed by atoms with van der Waals surface area (Å²) in [5.74, 6) is 0.0933. The Morgan fingerprint density at radius 2 is 1.93 bits per heavy atom. The molecule has 2 aliphatic heterocycles. The SMILES string of the molecule is C[C@H]1[C@@H]2CCN(Cc3cnn(C)c3)C(=O)[C@@]2(c2ccccc2)CCC12OCCO2. The minimum atomic E-state index is -0.519. The van der Waals surface area contributed by atoms with Gasteiger partial charge < -0.3 is 14.4 Å². The summed E-state index contributed by atoms with van der Waals surface area (Å²) in [7, 11) is 1.91. The van der Waals surface area contributed by atoms with E-state index >= 15 is 0 Å². The Hall–Kier alpha value is -2.18. The van der Waals surface area contributed by atoms with E-state index in [2.05, 4.69) is 24.2 Å². The average Bonchev–Trinajstić information content (AvgIpc) is 3.38. The Labute approximate surface area is 171 Å². The molecular formula is C23H29N3O3. The standard InChI is InChI=1S/C23H29N3O3/c1-17-20-8-11-26(16-18-14-24-25(2)15-18)21(27)22(20,19-6-4-3-5-7-19)9-10-23(17)28-12-13-29-23/h3-7,14-15,17,20H,8-13,16H2,1-2H3/t17-,20-,22+/m0/s1. The smallest absolute Gasteiger partial charge is 0.233 e. The highest BCUT2D eigenvalue weighted by atomic mass is 16.7. The molecule has 6 nitrogen and oxygen atoms in total. The van der Waals surface area contributed by atoms with Gasteiger partial charge in [0, 0.05) is 44.2 Å². The highest BCUT2D eigenvalue weighted by molar-refractivity contribution is 5.90. The van der Waals surface area contributed by atoms with Crippen LogP contribution in [0.25, 0.3) is 0 Å². The van der Waals surface area contributed by atoms with Crippen LogP contribution in [0.5, 0.6) is 0 Å². The van der Waals surface area contributed by atoms with Crippen LogP contribution in [0, 0.1) is 11.8 Å². The Morgan fingerprint density at radius 3 is 2.62 bits per heavy atom. The van der Waals surface area contributed by atoms with E-state index < -0.39 is 11.2 Å². The molecule has 0 unspecified atom stereocenters. The van der Waals surface area contributed by atoms with Crippen LogP contribution in [0.15, 0.2) is 42.7 Å². The van der Waals surface area contributed by atoms with Gasteiger partial charge in [0.2, 0.25) is 5.91 Å². The first kappa shape index (κ1) is 18.8. The summed E-state index contributed by atoms with van der Waals surface area (Å²) in [6, 6.07) is 10.4. The molecule has 154 valence electrons. The third-order valence-corrected chi connectivity index (χ3v) is 7.37. The highest BCUT2D eigenvalue weighted by Gasteiger charge is 2.62. The third-order valence-electron chi connectivity index (χ3n) is 7.37. The van der Waals surface area contributed by atoms with Gasteiger partial charge in [0.15, 0.2) is 5.79 Å². The maximum atomic E-state index is 14.1. The monoisotopic (exact) mass is 395 g/mol. The molecule has 0 radical (unpaired) electrons. The quantitative estimate of drug-likeness (QED) is 0.802. The van der Waals surface area contributed by atoms with Gasteiger partial charge in [-0.15, -0.1) is 0 Å². The van der Waals surface area contributed by atoms with Crippen molar-refractivity contribution in [3.63, 3.8) is 0 Å². The van der Waals surface area contributed by atoms with Crippen LogP contribution in [-0.2, 0) is 33.3 Å². The number of hydrogen-bond acceptors (Lipinski definition) is 4. The van der Waals surface area contributed by atoms with Gasteiger partial charge in [-0.2, -0.15) is 5.10 Å². The van der Waals surface area contributed by atoms with Gasteiger partial charge in [0.25, 0.3) is 0 Å². The van der Waals surface area contributed by atoms with E-state index in [1.54, 1.807) is 4.68 Å². The second kappa shape index (κ2) is 6.96. The minimum Gasteiger partial charge on any atom is -0.347 e. The molecule has 1 aromatic carbocycles. The first-order valence-corrected chi connectivity index (χ1v) is 10.7. The van der Waals surface area contributed by atoms with Crippen molar-refractivity contribution >= 4 is 5.91 Å². The number of hydrogen-bond donors (Lipinski definition) is 0. The lowest BCUT2D eigenvalue weighted by molar-refractivity contribution is -0.238. The number of aromatic nitrogens is 2. The van der Waals surface area contributed by atoms with Gasteiger partial charge in [-0.3, -0.25) is 9.48 Å². The van der Waals surface area contributed by atoms with Crippen LogP contribution in [0.3, 0.4) is 0 Å². The molecule has 3 aliphatic rings. The fourth-order valence-electron chi connectivity index (χ4n) is 5.98. The average molecular weight is 396 g/mol. The molecule has 2 saturated heterocycles. The Bertz CT molecular complexity index is 890. The van der Waals surface area contributed by atoms with E-state index in [4.69, 9.17) is 9.47 Å². The van der Waals surface area contributed by atoms with Gasteiger partial charge in [-0.1, -0.05) is 37.3 Å². The summed E-state index contributed by atoms with van der Waals surface area (Å²) in [5, 5.41) is 4.27. The molecule has 29 heavy (non-hydrogen) atoms. The molecule has 0 N–H and O–H groups in total. The van der Waals surface area contributed by atoms with Crippen molar-refractivity contribution in [2.24, 2.45) is 18.9 Å². The molecule has 1 amide bonds. The maximum absolute atomic E-state index is 14.1. The lowest BCUT2D eigenvalue weighted by atomic mass is 9.54. The zero-order chi connectivity index (χ0) is 20.1. The normalized spacial score (nSPS) is 31.2. The molecule has 1 spiro atoms. The molecule has 1 aromatic heterocycles. The number of likely N-dealkylation sites (tertiary alicyclic amines) is 1. The lowest BCUT2D eigenvalue weighted by Gasteiger charge is -2.56. The van der Waals surface area contributed by atoms with Crippen molar-refractivity contribution in [3.05, 3.63) is 53.9 Å². The number of nitrogens with zero attached hydrogens (tertiary/aromatic N) is 3. The van der Waals surface area contributed by atoms with E-state index in [1.165, 1.54) is 0 Å². The summed E-state index contributed by atoms with van der Waals surface area (Å²) in [5.41, 5.74) is 1.69. The largest absolute Gasteiger partial charge is 0.347 e. The highest BCUT2D eigenvalue weighted by Crippen LogP contribution is 2.56. The van der Waals surface area contributed by atoms with Crippen molar-refractivity contribution in [3.8, 4) is 0 Å². The van der Waals surface area contributed by atoms with E-state index in [-0.39, 0.29) is 17.7 Å². The van der Waals surface area contributed by atoms with Crippen molar-refractivity contribution in [1.82, 2.24) is 14.7 Å². The summed E-state index contributed by atoms with van der Waals surface area (Å²) in [6.07, 6.45) is 6.32. The van der Waals surface area contributed by atoms with Crippen LogP contribution >= 0.6 is 0 Å². The molecule has 3 heterocycles. The fraction of sp³-hybridized carbons (Fsp3) is 0.565. The number of aryl methyl sites for hydroxylation is 1. The molecule has 5 rings (SSSR count). The molecular weight excluding hydrogens is 366 g/mol. The van der Waals surface area contributed by atoms with Crippen molar-refractivity contribution in [2.75, 3.05) is 19.8 Å². The van der Waals surface area contributed by atoms with Gasteiger partial charge in [0.05, 0.1) is 24.8 Å². The Balaban J connectivity index is 1.53. The van der Waals surface area contributed by atoms with Crippen molar-refractivity contribution < 1.29 is 14.3 Å². The van der Waals surface area contributed by atoms with Crippen molar-refractivity contribution in [2.45, 2.75) is 43.9 Å². The molecule has 2 aromatic rings. The summed E-state index contributed by atoms with van der Waals surface area (Å²) in [4.78, 5) is 16.1. The fourth-order valence-corrected chi connectivity index (χ4v) is 5.98. The Morgan fingerprint density at radius 1 is 1.17 bits per heavy atom. The van der Waals surface area contributed by atoms with Crippen LogP contribution in [0.2, 0.25) is 0 Å². The number of ether oxygens (including phenoxy) is 2. The third kappa shape index (κ3) is 2.84. The maximum Gasteiger partial charge on any atom is 0.233 e. The zero-order valence-electron chi connectivity index (χ0n) is 17.2. The molecule has 6 heteroatoms. The van der Waals surface area contributed by atoms with Gasteiger partial charge >= 0.3 is 0 Å². The molecule has 3 atom stereocenters. The number of benzene rings is 1. The molecule has 3 fully saturated rings.